The number of imidazole rings is 1. The fourth-order valence-corrected chi connectivity index (χ4v) is 3.91. The molecule has 7 heteroatoms. The van der Waals surface area contributed by atoms with Crippen molar-refractivity contribution in [2.24, 2.45) is 0 Å². The molecular weight excluding hydrogens is 342 g/mol. The molecule has 1 aromatic heterocycles. The van der Waals surface area contributed by atoms with E-state index in [0.29, 0.717) is 36.3 Å². The van der Waals surface area contributed by atoms with E-state index in [2.05, 4.69) is 15.6 Å². The fourth-order valence-electron chi connectivity index (χ4n) is 3.91. The summed E-state index contributed by atoms with van der Waals surface area (Å²) in [6.45, 7) is 2.12. The van der Waals surface area contributed by atoms with Crippen LogP contribution >= 0.6 is 0 Å². The van der Waals surface area contributed by atoms with Gasteiger partial charge in [-0.3, -0.25) is 9.59 Å². The standard InChI is InChI=1S/C20H25N5O2/c26-19(7-9-24-11-8-21-14-24)23-17-3-1-2-15(12-17)20(27)25-10-6-16-4-5-18(13-25)22-16/h1-3,8,11-12,14,16,18,22H,4-7,9-10,13H2,(H,23,26). The highest BCUT2D eigenvalue weighted by Crippen LogP contribution is 2.22. The van der Waals surface area contributed by atoms with Crippen LogP contribution in [0.1, 0.15) is 36.0 Å². The van der Waals surface area contributed by atoms with Crippen molar-refractivity contribution in [3.63, 3.8) is 0 Å². The third-order valence-electron chi connectivity index (χ3n) is 5.36. The Balaban J connectivity index is 1.36. The lowest BCUT2D eigenvalue weighted by Gasteiger charge is -2.24. The van der Waals surface area contributed by atoms with Gasteiger partial charge in [-0.1, -0.05) is 6.07 Å². The summed E-state index contributed by atoms with van der Waals surface area (Å²) in [5.74, 6) is -0.0385. The Bertz CT molecular complexity index is 804. The highest BCUT2D eigenvalue weighted by Gasteiger charge is 2.31. The van der Waals surface area contributed by atoms with Gasteiger partial charge in [0, 0.05) is 61.8 Å². The first kappa shape index (κ1) is 17.7. The lowest BCUT2D eigenvalue weighted by Crippen LogP contribution is -2.39. The van der Waals surface area contributed by atoms with Crippen molar-refractivity contribution in [2.45, 2.75) is 44.3 Å². The number of hydrogen-bond donors (Lipinski definition) is 2. The summed E-state index contributed by atoms with van der Waals surface area (Å²) in [4.78, 5) is 31.0. The second-order valence-electron chi connectivity index (χ2n) is 7.36. The highest BCUT2D eigenvalue weighted by molar-refractivity contribution is 5.97. The van der Waals surface area contributed by atoms with Crippen LogP contribution in [0, 0.1) is 0 Å². The van der Waals surface area contributed by atoms with Crippen LogP contribution in [0.25, 0.3) is 0 Å². The monoisotopic (exact) mass is 367 g/mol. The van der Waals surface area contributed by atoms with Gasteiger partial charge in [-0.15, -0.1) is 0 Å². The average Bonchev–Trinajstić information content (AvgIpc) is 3.29. The van der Waals surface area contributed by atoms with Crippen LogP contribution in [-0.4, -0.2) is 51.4 Å². The van der Waals surface area contributed by atoms with Gasteiger partial charge >= 0.3 is 0 Å². The molecule has 1 aromatic carbocycles. The van der Waals surface area contributed by atoms with Gasteiger partial charge in [0.1, 0.15) is 0 Å². The Hall–Kier alpha value is -2.67. The van der Waals surface area contributed by atoms with E-state index >= 15 is 0 Å². The number of carbonyl (C=O) groups excluding carboxylic acids is 2. The molecule has 0 spiro atoms. The summed E-state index contributed by atoms with van der Waals surface area (Å²) in [5, 5.41) is 6.48. The Labute approximate surface area is 158 Å². The van der Waals surface area contributed by atoms with Gasteiger partial charge in [0.05, 0.1) is 6.33 Å². The number of anilines is 1. The van der Waals surface area contributed by atoms with Crippen LogP contribution in [0.15, 0.2) is 43.0 Å². The third kappa shape index (κ3) is 4.36. The van der Waals surface area contributed by atoms with Crippen LogP contribution in [0.5, 0.6) is 0 Å². The third-order valence-corrected chi connectivity index (χ3v) is 5.36. The minimum absolute atomic E-state index is 0.0406. The summed E-state index contributed by atoms with van der Waals surface area (Å²) in [6, 6.07) is 8.19. The largest absolute Gasteiger partial charge is 0.337 e. The predicted molar refractivity (Wildman–Crippen MR) is 102 cm³/mol. The summed E-state index contributed by atoms with van der Waals surface area (Å²) >= 11 is 0. The molecule has 2 unspecified atom stereocenters. The number of likely N-dealkylation sites (tertiary alicyclic amines) is 1. The number of fused-ring (bicyclic) bond motifs is 2. The second kappa shape index (κ2) is 7.92. The zero-order chi connectivity index (χ0) is 18.6. The van der Waals surface area contributed by atoms with Gasteiger partial charge in [0.2, 0.25) is 5.91 Å². The molecular formula is C20H25N5O2. The number of aryl methyl sites for hydroxylation is 1. The second-order valence-corrected chi connectivity index (χ2v) is 7.36. The molecule has 2 saturated heterocycles. The molecule has 2 fully saturated rings. The SMILES string of the molecule is O=C(CCn1ccnc1)Nc1cccc(C(=O)N2CCC3CCC(C2)N3)c1. The Morgan fingerprint density at radius 2 is 2.11 bits per heavy atom. The van der Waals surface area contributed by atoms with Gasteiger partial charge in [0.15, 0.2) is 0 Å². The van der Waals surface area contributed by atoms with Crippen LogP contribution < -0.4 is 10.6 Å². The van der Waals surface area contributed by atoms with Gasteiger partial charge < -0.3 is 20.1 Å². The maximum absolute atomic E-state index is 12.9. The fraction of sp³-hybridized carbons (Fsp3) is 0.450. The van der Waals surface area contributed by atoms with E-state index < -0.39 is 0 Å². The number of nitrogens with zero attached hydrogens (tertiary/aromatic N) is 3. The molecule has 2 aliphatic rings. The first-order valence-corrected chi connectivity index (χ1v) is 9.58. The summed E-state index contributed by atoms with van der Waals surface area (Å²) in [5.41, 5.74) is 1.28. The first-order valence-electron chi connectivity index (χ1n) is 9.58. The quantitative estimate of drug-likeness (QED) is 0.846. The average molecular weight is 367 g/mol. The molecule has 4 rings (SSSR count). The van der Waals surface area contributed by atoms with E-state index in [-0.39, 0.29) is 11.8 Å². The van der Waals surface area contributed by atoms with E-state index in [1.54, 1.807) is 18.6 Å². The Morgan fingerprint density at radius 1 is 1.22 bits per heavy atom. The maximum Gasteiger partial charge on any atom is 0.253 e. The Morgan fingerprint density at radius 3 is 2.96 bits per heavy atom. The molecule has 2 bridgehead atoms. The molecule has 2 aliphatic heterocycles. The molecule has 0 saturated carbocycles. The minimum atomic E-state index is -0.0791. The van der Waals surface area contributed by atoms with E-state index in [1.807, 2.05) is 33.9 Å². The van der Waals surface area contributed by atoms with Gasteiger partial charge in [0.25, 0.3) is 5.91 Å². The number of hydrogen-bond acceptors (Lipinski definition) is 4. The molecule has 27 heavy (non-hydrogen) atoms. The predicted octanol–water partition coefficient (Wildman–Crippen LogP) is 1.88. The van der Waals surface area contributed by atoms with Crippen LogP contribution in [0.3, 0.4) is 0 Å². The summed E-state index contributed by atoms with van der Waals surface area (Å²) in [7, 11) is 0. The number of benzene rings is 1. The molecule has 7 nitrogen and oxygen atoms in total. The summed E-state index contributed by atoms with van der Waals surface area (Å²) < 4.78 is 1.86. The van der Waals surface area contributed by atoms with Crippen LogP contribution in [0.4, 0.5) is 5.69 Å². The minimum Gasteiger partial charge on any atom is -0.337 e. The molecule has 3 heterocycles. The van der Waals surface area contributed by atoms with Crippen LogP contribution in [0.2, 0.25) is 0 Å². The molecule has 2 N–H and O–H groups in total. The zero-order valence-corrected chi connectivity index (χ0v) is 15.3. The van der Waals surface area contributed by atoms with Crippen molar-refractivity contribution < 1.29 is 9.59 Å². The van der Waals surface area contributed by atoms with Crippen molar-refractivity contribution in [1.82, 2.24) is 19.8 Å². The Kier molecular flexibility index (Phi) is 5.20. The van der Waals surface area contributed by atoms with E-state index in [1.165, 1.54) is 6.42 Å². The number of nitrogens with one attached hydrogen (secondary N) is 2. The molecule has 142 valence electrons. The lowest BCUT2D eigenvalue weighted by molar-refractivity contribution is -0.116. The van der Waals surface area contributed by atoms with Crippen molar-refractivity contribution >= 4 is 17.5 Å². The number of rotatable bonds is 5. The normalized spacial score (nSPS) is 21.7. The smallest absolute Gasteiger partial charge is 0.253 e. The number of carbonyl (C=O) groups is 2. The van der Waals surface area contributed by atoms with Crippen molar-refractivity contribution in [3.05, 3.63) is 48.5 Å². The van der Waals surface area contributed by atoms with Crippen molar-refractivity contribution in [1.29, 1.82) is 0 Å². The molecule has 2 aromatic rings. The lowest BCUT2D eigenvalue weighted by atomic mass is 10.1. The molecule has 0 aliphatic carbocycles. The topological polar surface area (TPSA) is 79.3 Å². The van der Waals surface area contributed by atoms with E-state index in [4.69, 9.17) is 0 Å². The molecule has 2 atom stereocenters. The van der Waals surface area contributed by atoms with Crippen LogP contribution in [-0.2, 0) is 11.3 Å². The maximum atomic E-state index is 12.9. The number of aromatic nitrogens is 2. The van der Waals surface area contributed by atoms with Gasteiger partial charge in [-0.25, -0.2) is 4.98 Å². The highest BCUT2D eigenvalue weighted by atomic mass is 16.2. The zero-order valence-electron chi connectivity index (χ0n) is 15.3. The van der Waals surface area contributed by atoms with E-state index in [0.717, 1.165) is 25.9 Å². The number of amides is 2. The van der Waals surface area contributed by atoms with Crippen molar-refractivity contribution in [3.8, 4) is 0 Å². The summed E-state index contributed by atoms with van der Waals surface area (Å²) in [6.07, 6.45) is 8.93. The van der Waals surface area contributed by atoms with E-state index in [9.17, 15) is 9.59 Å². The van der Waals surface area contributed by atoms with Gasteiger partial charge in [-0.05, 0) is 37.5 Å². The van der Waals surface area contributed by atoms with Gasteiger partial charge in [-0.2, -0.15) is 0 Å². The van der Waals surface area contributed by atoms with Crippen molar-refractivity contribution in [2.75, 3.05) is 18.4 Å². The first-order chi connectivity index (χ1) is 13.2. The molecule has 2 amide bonds. The molecule has 0 radical (unpaired) electrons.